The fourth-order valence-corrected chi connectivity index (χ4v) is 4.39. The molecule has 2 aliphatic rings. The van der Waals surface area contributed by atoms with Crippen molar-refractivity contribution in [2.45, 2.75) is 18.3 Å². The number of para-hydroxylation sites is 1. The van der Waals surface area contributed by atoms with Crippen LogP contribution in [0, 0.1) is 0 Å². The first-order valence-electron chi connectivity index (χ1n) is 9.48. The number of rotatable bonds is 2. The van der Waals surface area contributed by atoms with Crippen molar-refractivity contribution >= 4 is 17.5 Å². The molecule has 0 aliphatic carbocycles. The topological polar surface area (TPSA) is 67.2 Å². The van der Waals surface area contributed by atoms with Gasteiger partial charge in [-0.15, -0.1) is 0 Å². The molecule has 5 rings (SSSR count). The molecule has 3 heterocycles. The summed E-state index contributed by atoms with van der Waals surface area (Å²) in [5.74, 6) is -0.0539. The van der Waals surface area contributed by atoms with Crippen LogP contribution in [-0.4, -0.2) is 39.6 Å². The monoisotopic (exact) mass is 372 g/mol. The van der Waals surface area contributed by atoms with Crippen molar-refractivity contribution in [2.75, 3.05) is 18.4 Å². The molecule has 2 aromatic carbocycles. The molecular weight excluding hydrogens is 352 g/mol. The highest BCUT2D eigenvalue weighted by Crippen LogP contribution is 2.43. The molecule has 28 heavy (non-hydrogen) atoms. The van der Waals surface area contributed by atoms with E-state index in [0.717, 1.165) is 29.8 Å². The Balaban J connectivity index is 1.46. The molecular formula is C22H20N4O2. The summed E-state index contributed by atoms with van der Waals surface area (Å²) in [6, 6.07) is 17.1. The fraction of sp³-hybridized carbons (Fsp3) is 0.227. The third-order valence-electron chi connectivity index (χ3n) is 5.77. The standard InChI is InChI=1S/C22H20N4O2/c27-20(16-6-3-7-17(14-16)26-13-5-11-23-26)25-12-4-10-22(15-25)18-8-1-2-9-19(18)24-21(22)28/h1-3,5-9,11,13-14H,4,10,12,15H2,(H,24,28)/t22-/m0/s1. The predicted octanol–water partition coefficient (Wildman–Crippen LogP) is 3.00. The van der Waals surface area contributed by atoms with E-state index in [4.69, 9.17) is 0 Å². The van der Waals surface area contributed by atoms with Crippen molar-refractivity contribution in [3.63, 3.8) is 0 Å². The molecule has 1 saturated heterocycles. The van der Waals surface area contributed by atoms with Crippen LogP contribution in [0.25, 0.3) is 5.69 Å². The van der Waals surface area contributed by atoms with E-state index in [9.17, 15) is 9.59 Å². The van der Waals surface area contributed by atoms with Crippen LogP contribution in [0.4, 0.5) is 5.69 Å². The molecule has 2 aliphatic heterocycles. The van der Waals surface area contributed by atoms with Gasteiger partial charge in [0.1, 0.15) is 0 Å². The number of aromatic nitrogens is 2. The maximum Gasteiger partial charge on any atom is 0.253 e. The molecule has 1 spiro atoms. The van der Waals surface area contributed by atoms with E-state index in [0.29, 0.717) is 18.7 Å². The molecule has 1 atom stereocenters. The highest BCUT2D eigenvalue weighted by Gasteiger charge is 2.49. The van der Waals surface area contributed by atoms with Gasteiger partial charge in [-0.3, -0.25) is 9.59 Å². The first-order valence-corrected chi connectivity index (χ1v) is 9.48. The van der Waals surface area contributed by atoms with Crippen molar-refractivity contribution in [2.24, 2.45) is 0 Å². The largest absolute Gasteiger partial charge is 0.337 e. The number of hydrogen-bond donors (Lipinski definition) is 1. The summed E-state index contributed by atoms with van der Waals surface area (Å²) in [5.41, 5.74) is 2.66. The van der Waals surface area contributed by atoms with Crippen LogP contribution in [0.3, 0.4) is 0 Å². The average Bonchev–Trinajstić information content (AvgIpc) is 3.36. The van der Waals surface area contributed by atoms with Gasteiger partial charge in [-0.2, -0.15) is 5.10 Å². The minimum absolute atomic E-state index is 0.00325. The zero-order valence-corrected chi connectivity index (χ0v) is 15.3. The number of anilines is 1. The molecule has 6 heteroatoms. The SMILES string of the molecule is O=C(c1cccc(-n2cccn2)c1)N1CCC[C@@]2(C1)C(=O)Nc1ccccc12. The highest BCUT2D eigenvalue weighted by molar-refractivity contribution is 6.07. The van der Waals surface area contributed by atoms with Gasteiger partial charge < -0.3 is 10.2 Å². The van der Waals surface area contributed by atoms with Gasteiger partial charge >= 0.3 is 0 Å². The number of nitrogens with one attached hydrogen (secondary N) is 1. The predicted molar refractivity (Wildman–Crippen MR) is 105 cm³/mol. The van der Waals surface area contributed by atoms with Gasteiger partial charge in [-0.1, -0.05) is 24.3 Å². The number of amides is 2. The summed E-state index contributed by atoms with van der Waals surface area (Å²) in [5, 5.41) is 7.23. The molecule has 1 aromatic heterocycles. The van der Waals surface area contributed by atoms with E-state index >= 15 is 0 Å². The number of carbonyl (C=O) groups is 2. The maximum absolute atomic E-state index is 13.2. The Hall–Kier alpha value is -3.41. The Morgan fingerprint density at radius 2 is 2.00 bits per heavy atom. The number of fused-ring (bicyclic) bond motifs is 2. The minimum atomic E-state index is -0.649. The van der Waals surface area contributed by atoms with E-state index in [1.165, 1.54) is 0 Å². The summed E-state index contributed by atoms with van der Waals surface area (Å²) in [6.07, 6.45) is 5.11. The minimum Gasteiger partial charge on any atom is -0.337 e. The average molecular weight is 372 g/mol. The molecule has 140 valence electrons. The maximum atomic E-state index is 13.2. The van der Waals surface area contributed by atoms with Crippen molar-refractivity contribution in [1.82, 2.24) is 14.7 Å². The van der Waals surface area contributed by atoms with Gasteiger partial charge in [0.05, 0.1) is 11.1 Å². The molecule has 0 radical (unpaired) electrons. The lowest BCUT2D eigenvalue weighted by Gasteiger charge is -2.39. The van der Waals surface area contributed by atoms with Crippen molar-refractivity contribution in [1.29, 1.82) is 0 Å². The van der Waals surface area contributed by atoms with Crippen LogP contribution < -0.4 is 5.32 Å². The van der Waals surface area contributed by atoms with Crippen molar-refractivity contribution < 1.29 is 9.59 Å². The van der Waals surface area contributed by atoms with E-state index < -0.39 is 5.41 Å². The first-order chi connectivity index (χ1) is 13.7. The zero-order valence-electron chi connectivity index (χ0n) is 15.3. The van der Waals surface area contributed by atoms with E-state index in [1.54, 1.807) is 10.9 Å². The molecule has 2 amide bonds. The molecule has 3 aromatic rings. The number of piperidine rings is 1. The van der Waals surface area contributed by atoms with Crippen LogP contribution in [-0.2, 0) is 10.2 Å². The van der Waals surface area contributed by atoms with Crippen LogP contribution in [0.2, 0.25) is 0 Å². The zero-order chi connectivity index (χ0) is 19.1. The third kappa shape index (κ3) is 2.52. The van der Waals surface area contributed by atoms with Gasteiger partial charge in [-0.25, -0.2) is 4.68 Å². The Morgan fingerprint density at radius 1 is 1.11 bits per heavy atom. The molecule has 1 N–H and O–H groups in total. The summed E-state index contributed by atoms with van der Waals surface area (Å²) in [7, 11) is 0. The molecule has 0 saturated carbocycles. The Bertz CT molecular complexity index is 1060. The van der Waals surface area contributed by atoms with Gasteiger partial charge in [0.15, 0.2) is 0 Å². The van der Waals surface area contributed by atoms with Crippen LogP contribution in [0.15, 0.2) is 67.0 Å². The number of benzene rings is 2. The van der Waals surface area contributed by atoms with Crippen molar-refractivity contribution in [3.05, 3.63) is 78.1 Å². The second-order valence-corrected chi connectivity index (χ2v) is 7.41. The lowest BCUT2D eigenvalue weighted by molar-refractivity contribution is -0.122. The number of nitrogens with zero attached hydrogens (tertiary/aromatic N) is 3. The summed E-state index contributed by atoms with van der Waals surface area (Å²) in [6.45, 7) is 1.06. The van der Waals surface area contributed by atoms with Gasteiger partial charge in [0.2, 0.25) is 5.91 Å². The van der Waals surface area contributed by atoms with Gasteiger partial charge in [0, 0.05) is 36.7 Å². The normalized spacial score (nSPS) is 20.9. The lowest BCUT2D eigenvalue weighted by atomic mass is 9.75. The lowest BCUT2D eigenvalue weighted by Crippen LogP contribution is -2.51. The number of likely N-dealkylation sites (tertiary alicyclic amines) is 1. The third-order valence-corrected chi connectivity index (χ3v) is 5.77. The molecule has 0 unspecified atom stereocenters. The van der Waals surface area contributed by atoms with Gasteiger partial charge in [0.25, 0.3) is 5.91 Å². The summed E-state index contributed by atoms with van der Waals surface area (Å²) in [4.78, 5) is 27.9. The summed E-state index contributed by atoms with van der Waals surface area (Å²) >= 11 is 0. The van der Waals surface area contributed by atoms with Crippen molar-refractivity contribution in [3.8, 4) is 5.69 Å². The van der Waals surface area contributed by atoms with Gasteiger partial charge in [-0.05, 0) is 48.7 Å². The fourth-order valence-electron chi connectivity index (χ4n) is 4.39. The van der Waals surface area contributed by atoms with E-state index in [2.05, 4.69) is 10.4 Å². The second-order valence-electron chi connectivity index (χ2n) is 7.41. The number of hydrogen-bond acceptors (Lipinski definition) is 3. The Morgan fingerprint density at radius 3 is 2.86 bits per heavy atom. The number of carbonyl (C=O) groups excluding carboxylic acids is 2. The molecule has 0 bridgehead atoms. The quantitative estimate of drug-likeness (QED) is 0.752. The molecule has 6 nitrogen and oxygen atoms in total. The van der Waals surface area contributed by atoms with Crippen LogP contribution in [0.5, 0.6) is 0 Å². The van der Waals surface area contributed by atoms with Crippen LogP contribution in [0.1, 0.15) is 28.8 Å². The Kier molecular flexibility index (Phi) is 3.79. The van der Waals surface area contributed by atoms with Crippen LogP contribution >= 0.6 is 0 Å². The smallest absolute Gasteiger partial charge is 0.253 e. The highest BCUT2D eigenvalue weighted by atomic mass is 16.2. The Labute approximate surface area is 162 Å². The van der Waals surface area contributed by atoms with E-state index in [1.807, 2.05) is 65.7 Å². The molecule has 1 fully saturated rings. The second kappa shape index (κ2) is 6.34. The first kappa shape index (κ1) is 16.7. The van der Waals surface area contributed by atoms with E-state index in [-0.39, 0.29) is 11.8 Å². The summed E-state index contributed by atoms with van der Waals surface area (Å²) < 4.78 is 1.73.